The van der Waals surface area contributed by atoms with E-state index in [-0.39, 0.29) is 23.0 Å². The third-order valence-corrected chi connectivity index (χ3v) is 6.68. The summed E-state index contributed by atoms with van der Waals surface area (Å²) in [7, 11) is 0. The summed E-state index contributed by atoms with van der Waals surface area (Å²) >= 11 is 6.51. The Hall–Kier alpha value is -2.85. The fraction of sp³-hybridized carbons (Fsp3) is 0.429. The van der Waals surface area contributed by atoms with Gasteiger partial charge in [-0.05, 0) is 82.4 Å². The Morgan fingerprint density at radius 3 is 2.54 bits per heavy atom. The summed E-state index contributed by atoms with van der Waals surface area (Å²) in [6, 6.07) is 12.8. The summed E-state index contributed by atoms with van der Waals surface area (Å²) in [6.45, 7) is 9.77. The SMILES string of the molecule is CC1(C)CC(NC(=O)c2ccc(Oc3cccc(C4=CCOCC4)c3C#N)c(Cl)c2)CC(C)(C)N1. The molecule has 2 aromatic rings. The van der Waals surface area contributed by atoms with Crippen LogP contribution in [0.4, 0.5) is 0 Å². The van der Waals surface area contributed by atoms with Gasteiger partial charge in [0.15, 0.2) is 0 Å². The number of nitrogens with one attached hydrogen (secondary N) is 2. The first-order valence-corrected chi connectivity index (χ1v) is 12.3. The lowest BCUT2D eigenvalue weighted by atomic mass is 9.79. The van der Waals surface area contributed by atoms with Gasteiger partial charge in [0, 0.05) is 22.7 Å². The van der Waals surface area contributed by atoms with E-state index < -0.39 is 0 Å². The highest BCUT2D eigenvalue weighted by molar-refractivity contribution is 6.32. The second kappa shape index (κ2) is 10.0. The summed E-state index contributed by atoms with van der Waals surface area (Å²) in [5, 5.41) is 16.9. The quantitative estimate of drug-likeness (QED) is 0.546. The van der Waals surface area contributed by atoms with Crippen molar-refractivity contribution in [2.24, 2.45) is 0 Å². The van der Waals surface area contributed by atoms with E-state index in [1.165, 1.54) is 0 Å². The number of benzene rings is 2. The summed E-state index contributed by atoms with van der Waals surface area (Å²) in [6.07, 6.45) is 4.42. The summed E-state index contributed by atoms with van der Waals surface area (Å²) in [5.41, 5.74) is 2.70. The monoisotopic (exact) mass is 493 g/mol. The van der Waals surface area contributed by atoms with Crippen LogP contribution in [-0.4, -0.2) is 36.2 Å². The fourth-order valence-electron chi connectivity index (χ4n) is 5.31. The van der Waals surface area contributed by atoms with Crippen molar-refractivity contribution in [3.8, 4) is 17.6 Å². The summed E-state index contributed by atoms with van der Waals surface area (Å²) < 4.78 is 11.4. The standard InChI is InChI=1S/C28H32ClN3O3/c1-27(2)15-20(16-28(3,4)32-27)31-26(33)19-8-9-25(23(29)14-19)35-24-7-5-6-21(22(24)17-30)18-10-12-34-13-11-18/h5-10,14,20,32H,11-13,15-16H2,1-4H3,(H,31,33). The molecule has 184 valence electrons. The molecule has 0 bridgehead atoms. The molecule has 0 atom stereocenters. The molecule has 2 heterocycles. The van der Waals surface area contributed by atoms with Crippen LogP contribution in [0, 0.1) is 11.3 Å². The van der Waals surface area contributed by atoms with Gasteiger partial charge in [-0.1, -0.05) is 29.8 Å². The maximum Gasteiger partial charge on any atom is 0.251 e. The Labute approximate surface area is 212 Å². The largest absolute Gasteiger partial charge is 0.454 e. The number of carbonyl (C=O) groups is 1. The van der Waals surface area contributed by atoms with Crippen LogP contribution < -0.4 is 15.4 Å². The lowest BCUT2D eigenvalue weighted by Crippen LogP contribution is -2.62. The van der Waals surface area contributed by atoms with Crippen molar-refractivity contribution in [3.05, 3.63) is 64.2 Å². The smallest absolute Gasteiger partial charge is 0.251 e. The highest BCUT2D eigenvalue weighted by Gasteiger charge is 2.38. The molecule has 0 aromatic heterocycles. The highest BCUT2D eigenvalue weighted by Crippen LogP contribution is 2.36. The number of amides is 1. The summed E-state index contributed by atoms with van der Waals surface area (Å²) in [4.78, 5) is 13.0. The molecule has 7 heteroatoms. The van der Waals surface area contributed by atoms with Gasteiger partial charge >= 0.3 is 0 Å². The van der Waals surface area contributed by atoms with Gasteiger partial charge < -0.3 is 20.1 Å². The van der Waals surface area contributed by atoms with E-state index in [4.69, 9.17) is 21.1 Å². The van der Waals surface area contributed by atoms with Gasteiger partial charge in [-0.15, -0.1) is 0 Å². The number of halogens is 1. The number of hydrogen-bond acceptors (Lipinski definition) is 5. The molecule has 2 aromatic carbocycles. The van der Waals surface area contributed by atoms with Crippen molar-refractivity contribution in [2.75, 3.05) is 13.2 Å². The third kappa shape index (κ3) is 6.05. The van der Waals surface area contributed by atoms with Crippen LogP contribution in [0.15, 0.2) is 42.5 Å². The molecule has 0 radical (unpaired) electrons. The Bertz CT molecular complexity index is 1180. The van der Waals surface area contributed by atoms with E-state index >= 15 is 0 Å². The van der Waals surface area contributed by atoms with E-state index in [9.17, 15) is 10.1 Å². The van der Waals surface area contributed by atoms with E-state index in [0.29, 0.717) is 40.9 Å². The van der Waals surface area contributed by atoms with Gasteiger partial charge in [0.2, 0.25) is 0 Å². The molecule has 0 spiro atoms. The van der Waals surface area contributed by atoms with Crippen molar-refractivity contribution in [3.63, 3.8) is 0 Å². The van der Waals surface area contributed by atoms with Crippen LogP contribution in [0.1, 0.15) is 68.4 Å². The van der Waals surface area contributed by atoms with Crippen molar-refractivity contribution in [2.45, 2.75) is 64.1 Å². The number of nitriles is 1. The second-order valence-corrected chi connectivity index (χ2v) is 11.0. The number of ether oxygens (including phenoxy) is 2. The zero-order valence-electron chi connectivity index (χ0n) is 20.7. The number of piperidine rings is 1. The van der Waals surface area contributed by atoms with E-state index in [1.54, 1.807) is 24.3 Å². The van der Waals surface area contributed by atoms with Crippen LogP contribution in [0.25, 0.3) is 5.57 Å². The lowest BCUT2D eigenvalue weighted by Gasteiger charge is -2.46. The molecule has 6 nitrogen and oxygen atoms in total. The molecular weight excluding hydrogens is 462 g/mol. The first-order valence-electron chi connectivity index (χ1n) is 11.9. The Morgan fingerprint density at radius 2 is 1.91 bits per heavy atom. The van der Waals surface area contributed by atoms with E-state index in [1.807, 2.05) is 18.2 Å². The first-order chi connectivity index (χ1) is 16.6. The summed E-state index contributed by atoms with van der Waals surface area (Å²) in [5.74, 6) is 0.653. The van der Waals surface area contributed by atoms with Gasteiger partial charge in [0.1, 0.15) is 23.1 Å². The molecule has 2 aliphatic heterocycles. The zero-order chi connectivity index (χ0) is 25.2. The minimum atomic E-state index is -0.164. The minimum absolute atomic E-state index is 0.0591. The van der Waals surface area contributed by atoms with Gasteiger partial charge in [-0.3, -0.25) is 4.79 Å². The maximum atomic E-state index is 13.0. The van der Waals surface area contributed by atoms with Crippen molar-refractivity contribution >= 4 is 23.1 Å². The predicted molar refractivity (Wildman–Crippen MR) is 138 cm³/mol. The van der Waals surface area contributed by atoms with Crippen molar-refractivity contribution in [1.29, 1.82) is 5.26 Å². The number of nitrogens with zero attached hydrogens (tertiary/aromatic N) is 1. The Morgan fingerprint density at radius 1 is 1.17 bits per heavy atom. The van der Waals surface area contributed by atoms with E-state index in [2.05, 4.69) is 44.4 Å². The van der Waals surface area contributed by atoms with Crippen LogP contribution >= 0.6 is 11.6 Å². The fourth-order valence-corrected chi connectivity index (χ4v) is 5.53. The molecule has 35 heavy (non-hydrogen) atoms. The van der Waals surface area contributed by atoms with Crippen molar-refractivity contribution in [1.82, 2.24) is 10.6 Å². The number of hydrogen-bond donors (Lipinski definition) is 2. The van der Waals surface area contributed by atoms with Gasteiger partial charge in [0.05, 0.1) is 18.2 Å². The van der Waals surface area contributed by atoms with E-state index in [0.717, 1.165) is 30.4 Å². The maximum absolute atomic E-state index is 13.0. The normalized spacial score (nSPS) is 19.4. The minimum Gasteiger partial charge on any atom is -0.454 e. The number of rotatable bonds is 5. The van der Waals surface area contributed by atoms with Crippen molar-refractivity contribution < 1.29 is 14.3 Å². The topological polar surface area (TPSA) is 83.4 Å². The van der Waals surface area contributed by atoms with Crippen LogP contribution in [0.2, 0.25) is 5.02 Å². The average Bonchev–Trinajstić information content (AvgIpc) is 2.78. The van der Waals surface area contributed by atoms with Gasteiger partial charge in [0.25, 0.3) is 5.91 Å². The molecule has 0 unspecified atom stereocenters. The lowest BCUT2D eigenvalue weighted by molar-refractivity contribution is 0.0873. The first kappa shape index (κ1) is 25.2. The van der Waals surface area contributed by atoms with Gasteiger partial charge in [-0.25, -0.2) is 0 Å². The Kier molecular flexibility index (Phi) is 7.23. The molecule has 2 aliphatic rings. The van der Waals surface area contributed by atoms with Gasteiger partial charge in [-0.2, -0.15) is 5.26 Å². The molecular formula is C28H32ClN3O3. The second-order valence-electron chi connectivity index (χ2n) is 10.6. The Balaban J connectivity index is 1.51. The molecule has 0 aliphatic carbocycles. The number of carbonyl (C=O) groups excluding carboxylic acids is 1. The predicted octanol–water partition coefficient (Wildman–Crippen LogP) is 5.85. The third-order valence-electron chi connectivity index (χ3n) is 6.39. The molecule has 4 rings (SSSR count). The zero-order valence-corrected chi connectivity index (χ0v) is 21.5. The van der Waals surface area contributed by atoms with Crippen LogP contribution in [0.5, 0.6) is 11.5 Å². The molecule has 1 saturated heterocycles. The van der Waals surface area contributed by atoms with Crippen LogP contribution in [-0.2, 0) is 4.74 Å². The van der Waals surface area contributed by atoms with Crippen LogP contribution in [0.3, 0.4) is 0 Å². The molecule has 0 saturated carbocycles. The highest BCUT2D eigenvalue weighted by atomic mass is 35.5. The average molecular weight is 494 g/mol. The molecule has 1 fully saturated rings. The molecule has 1 amide bonds. The molecule has 2 N–H and O–H groups in total.